The number of benzene rings is 3. The molecule has 168 valence electrons. The molecule has 1 aromatic heterocycles. The van der Waals surface area contributed by atoms with Crippen LogP contribution in [0, 0.1) is 20.8 Å². The molecule has 0 saturated carbocycles. The van der Waals surface area contributed by atoms with Crippen molar-refractivity contribution in [2.45, 2.75) is 25.7 Å². The summed E-state index contributed by atoms with van der Waals surface area (Å²) in [6.07, 6.45) is 0. The van der Waals surface area contributed by atoms with Gasteiger partial charge in [0.2, 0.25) is 21.8 Å². The third-order valence-corrected chi connectivity index (χ3v) is 6.19. The summed E-state index contributed by atoms with van der Waals surface area (Å²) in [5.74, 6) is 0.364. The monoisotopic (exact) mass is 462 g/mol. The Bertz CT molecular complexity index is 1460. The second kappa shape index (κ2) is 8.61. The van der Waals surface area contributed by atoms with Gasteiger partial charge in [-0.05, 0) is 80.4 Å². The normalized spacial score (nSPS) is 11.4. The largest absolute Gasteiger partial charge is 0.416 e. The van der Waals surface area contributed by atoms with E-state index in [1.165, 1.54) is 12.1 Å². The Hall–Kier alpha value is -3.82. The number of amides is 1. The number of hydrogen-bond acceptors (Lipinski definition) is 6. The number of carbonyl (C=O) groups excluding carboxylic acids is 1. The average molecular weight is 463 g/mol. The molecule has 0 aliphatic heterocycles. The van der Waals surface area contributed by atoms with Crippen LogP contribution in [0.4, 0.5) is 5.69 Å². The van der Waals surface area contributed by atoms with E-state index in [0.29, 0.717) is 34.2 Å². The molecule has 0 fully saturated rings. The number of sulfonamides is 1. The highest BCUT2D eigenvalue weighted by atomic mass is 32.2. The second-order valence-electron chi connectivity index (χ2n) is 7.77. The molecule has 9 heteroatoms. The van der Waals surface area contributed by atoms with Gasteiger partial charge < -0.3 is 9.73 Å². The van der Waals surface area contributed by atoms with Gasteiger partial charge in [0.25, 0.3) is 5.91 Å². The average Bonchev–Trinajstić information content (AvgIpc) is 3.26. The molecule has 0 radical (unpaired) electrons. The van der Waals surface area contributed by atoms with E-state index in [1.807, 2.05) is 31.2 Å². The Labute approximate surface area is 191 Å². The van der Waals surface area contributed by atoms with E-state index in [1.54, 1.807) is 38.1 Å². The summed E-state index contributed by atoms with van der Waals surface area (Å²) in [7, 11) is -3.90. The molecule has 1 heterocycles. The van der Waals surface area contributed by atoms with Gasteiger partial charge in [-0.1, -0.05) is 17.7 Å². The molecule has 0 aliphatic carbocycles. The highest BCUT2D eigenvalue weighted by Crippen LogP contribution is 2.26. The number of rotatable bonds is 5. The lowest BCUT2D eigenvalue weighted by Gasteiger charge is -2.13. The van der Waals surface area contributed by atoms with Crippen molar-refractivity contribution >= 4 is 21.6 Å². The van der Waals surface area contributed by atoms with Crippen molar-refractivity contribution in [2.24, 2.45) is 5.14 Å². The minimum Gasteiger partial charge on any atom is -0.416 e. The maximum Gasteiger partial charge on any atom is 0.255 e. The number of aryl methyl sites for hydroxylation is 2. The second-order valence-corrected chi connectivity index (χ2v) is 9.33. The van der Waals surface area contributed by atoms with Crippen LogP contribution < -0.4 is 10.5 Å². The number of hydrogen-bond donors (Lipinski definition) is 2. The van der Waals surface area contributed by atoms with Gasteiger partial charge in [-0.2, -0.15) is 0 Å². The Balaban J connectivity index is 1.55. The van der Waals surface area contributed by atoms with E-state index in [4.69, 9.17) is 9.56 Å². The van der Waals surface area contributed by atoms with Crippen LogP contribution >= 0.6 is 0 Å². The van der Waals surface area contributed by atoms with Crippen LogP contribution in [-0.2, 0) is 10.0 Å². The number of nitrogens with one attached hydrogen (secondary N) is 1. The molecule has 0 saturated heterocycles. The van der Waals surface area contributed by atoms with Crippen molar-refractivity contribution in [3.8, 4) is 22.9 Å². The van der Waals surface area contributed by atoms with Crippen LogP contribution in [0.25, 0.3) is 22.9 Å². The van der Waals surface area contributed by atoms with Crippen LogP contribution in [0.15, 0.2) is 70.0 Å². The molecule has 3 N–H and O–H groups in total. The summed E-state index contributed by atoms with van der Waals surface area (Å²) in [4.78, 5) is 12.7. The molecule has 0 unspecified atom stereocenters. The summed E-state index contributed by atoms with van der Waals surface area (Å²) in [5.41, 5.74) is 4.80. The van der Waals surface area contributed by atoms with Gasteiger partial charge in [0.15, 0.2) is 0 Å². The fourth-order valence-corrected chi connectivity index (χ4v) is 3.94. The summed E-state index contributed by atoms with van der Waals surface area (Å²) in [6.45, 7) is 5.53. The lowest BCUT2D eigenvalue weighted by molar-refractivity contribution is 0.102. The van der Waals surface area contributed by atoms with Gasteiger partial charge >= 0.3 is 0 Å². The van der Waals surface area contributed by atoms with E-state index in [2.05, 4.69) is 15.5 Å². The smallest absolute Gasteiger partial charge is 0.255 e. The van der Waals surface area contributed by atoms with E-state index in [9.17, 15) is 13.2 Å². The molecule has 0 atom stereocenters. The van der Waals surface area contributed by atoms with Crippen molar-refractivity contribution in [1.29, 1.82) is 0 Å². The Kier molecular flexibility index (Phi) is 5.84. The van der Waals surface area contributed by atoms with Gasteiger partial charge in [0, 0.05) is 22.4 Å². The van der Waals surface area contributed by atoms with E-state index in [0.717, 1.165) is 16.7 Å². The number of anilines is 1. The fraction of sp³-hybridized carbons (Fsp3) is 0.125. The Morgan fingerprint density at radius 1 is 0.909 bits per heavy atom. The molecular weight excluding hydrogens is 440 g/mol. The van der Waals surface area contributed by atoms with Crippen LogP contribution in [0.3, 0.4) is 0 Å². The molecule has 3 aromatic carbocycles. The highest BCUT2D eigenvalue weighted by Gasteiger charge is 2.16. The van der Waals surface area contributed by atoms with Crippen LogP contribution in [0.2, 0.25) is 0 Å². The Morgan fingerprint density at radius 2 is 1.58 bits per heavy atom. The number of nitrogens with two attached hydrogens (primary N) is 1. The van der Waals surface area contributed by atoms with Gasteiger partial charge in [-0.15, -0.1) is 10.2 Å². The van der Waals surface area contributed by atoms with Crippen molar-refractivity contribution in [1.82, 2.24) is 10.2 Å². The minimum atomic E-state index is -3.90. The molecule has 33 heavy (non-hydrogen) atoms. The molecule has 0 bridgehead atoms. The Morgan fingerprint density at radius 3 is 2.21 bits per heavy atom. The standard InChI is InChI=1S/C24H22N4O4S/c1-14-5-4-6-19(11-14)24-28-27-23(32-24)18-9-7-17(8-10-18)22(29)26-21-13-20(33(25,30)31)12-15(2)16(21)3/h4-13H,1-3H3,(H,26,29)(H2,25,30,31). The first-order valence-electron chi connectivity index (χ1n) is 10.1. The maximum absolute atomic E-state index is 12.8. The van der Waals surface area contributed by atoms with Crippen LogP contribution in [0.5, 0.6) is 0 Å². The third-order valence-electron chi connectivity index (χ3n) is 5.30. The van der Waals surface area contributed by atoms with Gasteiger partial charge in [0.1, 0.15) is 0 Å². The zero-order valence-corrected chi connectivity index (χ0v) is 19.1. The SMILES string of the molecule is Cc1cccc(-c2nnc(-c3ccc(C(=O)Nc4cc(S(N)(=O)=O)cc(C)c4C)cc3)o2)c1. The van der Waals surface area contributed by atoms with E-state index < -0.39 is 10.0 Å². The first-order valence-corrected chi connectivity index (χ1v) is 11.6. The van der Waals surface area contributed by atoms with Crippen molar-refractivity contribution < 1.29 is 17.6 Å². The molecule has 8 nitrogen and oxygen atoms in total. The molecule has 4 rings (SSSR count). The van der Waals surface area contributed by atoms with Crippen molar-refractivity contribution in [3.05, 3.63) is 82.9 Å². The number of nitrogens with zero attached hydrogens (tertiary/aromatic N) is 2. The van der Waals surface area contributed by atoms with E-state index in [-0.39, 0.29) is 10.8 Å². The van der Waals surface area contributed by atoms with E-state index >= 15 is 0 Å². The lowest BCUT2D eigenvalue weighted by atomic mass is 10.1. The lowest BCUT2D eigenvalue weighted by Crippen LogP contribution is -2.16. The molecule has 4 aromatic rings. The third kappa shape index (κ3) is 4.84. The number of aromatic nitrogens is 2. The zero-order chi connectivity index (χ0) is 23.8. The predicted octanol–water partition coefficient (Wildman–Crippen LogP) is 4.23. The summed E-state index contributed by atoms with van der Waals surface area (Å²) in [5, 5.41) is 16.2. The van der Waals surface area contributed by atoms with Gasteiger partial charge in [0.05, 0.1) is 4.90 Å². The number of carbonyl (C=O) groups is 1. The van der Waals surface area contributed by atoms with Gasteiger partial charge in [-0.3, -0.25) is 4.79 Å². The van der Waals surface area contributed by atoms with Crippen LogP contribution in [0.1, 0.15) is 27.0 Å². The van der Waals surface area contributed by atoms with Gasteiger partial charge in [-0.25, -0.2) is 13.6 Å². The fourth-order valence-electron chi connectivity index (χ4n) is 3.31. The van der Waals surface area contributed by atoms with Crippen molar-refractivity contribution in [2.75, 3.05) is 5.32 Å². The maximum atomic E-state index is 12.8. The van der Waals surface area contributed by atoms with Crippen LogP contribution in [-0.4, -0.2) is 24.5 Å². The summed E-state index contributed by atoms with van der Waals surface area (Å²) < 4.78 is 29.3. The highest BCUT2D eigenvalue weighted by molar-refractivity contribution is 7.89. The summed E-state index contributed by atoms with van der Waals surface area (Å²) in [6, 6.07) is 17.3. The molecule has 0 aliphatic rings. The quantitative estimate of drug-likeness (QED) is 0.457. The molecule has 1 amide bonds. The number of primary sulfonamides is 1. The summed E-state index contributed by atoms with van der Waals surface area (Å²) >= 11 is 0. The zero-order valence-electron chi connectivity index (χ0n) is 18.3. The first kappa shape index (κ1) is 22.4. The van der Waals surface area contributed by atoms with Crippen molar-refractivity contribution in [3.63, 3.8) is 0 Å². The molecular formula is C24H22N4O4S. The molecule has 0 spiro atoms. The first-order chi connectivity index (χ1) is 15.6. The minimum absolute atomic E-state index is 0.0583. The predicted molar refractivity (Wildman–Crippen MR) is 125 cm³/mol. The topological polar surface area (TPSA) is 128 Å².